The average molecular weight is 418 g/mol. The van der Waals surface area contributed by atoms with Crippen LogP contribution < -0.4 is 0 Å². The molecule has 1 atom stereocenters. The Labute approximate surface area is 182 Å². The lowest BCUT2D eigenvalue weighted by Gasteiger charge is -2.21. The summed E-state index contributed by atoms with van der Waals surface area (Å²) in [5.74, 6) is -0.0664. The van der Waals surface area contributed by atoms with Crippen LogP contribution >= 0.6 is 0 Å². The predicted molar refractivity (Wildman–Crippen MR) is 118 cm³/mol. The van der Waals surface area contributed by atoms with E-state index >= 15 is 0 Å². The van der Waals surface area contributed by atoms with E-state index in [0.29, 0.717) is 11.1 Å². The van der Waals surface area contributed by atoms with E-state index in [-0.39, 0.29) is 11.9 Å². The van der Waals surface area contributed by atoms with Crippen molar-refractivity contribution in [2.45, 2.75) is 39.4 Å². The van der Waals surface area contributed by atoms with Crippen molar-refractivity contribution in [1.29, 1.82) is 0 Å². The SMILES string of the molecule is CCc1ccccc1C(OC(=O)OOC(C)C)c1ccc(C(=O)c2ccccc2)cc1. The van der Waals surface area contributed by atoms with Gasteiger partial charge in [0.05, 0.1) is 6.10 Å². The van der Waals surface area contributed by atoms with Crippen LogP contribution in [0.4, 0.5) is 4.79 Å². The zero-order valence-electron chi connectivity index (χ0n) is 17.9. The highest BCUT2D eigenvalue weighted by atomic mass is 17.2. The number of ether oxygens (including phenoxy) is 1. The second kappa shape index (κ2) is 10.5. The lowest BCUT2D eigenvalue weighted by molar-refractivity contribution is -0.280. The topological polar surface area (TPSA) is 61.8 Å². The fourth-order valence-corrected chi connectivity index (χ4v) is 3.24. The van der Waals surface area contributed by atoms with E-state index in [4.69, 9.17) is 14.5 Å². The van der Waals surface area contributed by atoms with E-state index in [1.165, 1.54) is 0 Å². The maximum atomic E-state index is 12.7. The minimum absolute atomic E-state index is 0.0664. The first-order valence-electron chi connectivity index (χ1n) is 10.3. The third-order valence-electron chi connectivity index (χ3n) is 4.75. The van der Waals surface area contributed by atoms with Crippen molar-refractivity contribution in [3.63, 3.8) is 0 Å². The molecule has 3 aromatic carbocycles. The molecule has 0 saturated carbocycles. The third kappa shape index (κ3) is 5.80. The quantitative estimate of drug-likeness (QED) is 0.192. The monoisotopic (exact) mass is 418 g/mol. The summed E-state index contributed by atoms with van der Waals surface area (Å²) in [7, 11) is 0. The first kappa shape index (κ1) is 22.2. The van der Waals surface area contributed by atoms with E-state index in [1.807, 2.05) is 49.4 Å². The molecule has 0 aliphatic heterocycles. The number of rotatable bonds is 8. The Morgan fingerprint density at radius 2 is 1.42 bits per heavy atom. The van der Waals surface area contributed by atoms with Gasteiger partial charge < -0.3 is 4.74 Å². The standard InChI is InChI=1S/C26H26O5/c1-4-19-10-8-9-13-23(19)25(29-26(28)31-30-18(2)3)22-16-14-21(15-17-22)24(27)20-11-6-5-7-12-20/h5-18,25H,4H2,1-3H3. The Hall–Kier alpha value is -3.44. The number of benzene rings is 3. The van der Waals surface area contributed by atoms with Crippen LogP contribution in [0.2, 0.25) is 0 Å². The molecule has 3 aromatic rings. The highest BCUT2D eigenvalue weighted by Gasteiger charge is 2.23. The molecule has 0 spiro atoms. The van der Waals surface area contributed by atoms with E-state index in [1.54, 1.807) is 50.2 Å². The number of hydrogen-bond acceptors (Lipinski definition) is 5. The number of hydrogen-bond donors (Lipinski definition) is 0. The highest BCUT2D eigenvalue weighted by molar-refractivity contribution is 6.08. The van der Waals surface area contributed by atoms with Crippen LogP contribution in [-0.4, -0.2) is 18.0 Å². The molecule has 3 rings (SSSR count). The molecule has 0 bridgehead atoms. The van der Waals surface area contributed by atoms with Gasteiger partial charge in [-0.05, 0) is 31.4 Å². The summed E-state index contributed by atoms with van der Waals surface area (Å²) < 4.78 is 5.63. The smallest absolute Gasteiger partial charge is 0.419 e. The Morgan fingerprint density at radius 1 is 0.806 bits per heavy atom. The second-order valence-corrected chi connectivity index (χ2v) is 7.35. The maximum Gasteiger partial charge on any atom is 0.541 e. The van der Waals surface area contributed by atoms with Crippen molar-refractivity contribution in [3.05, 3.63) is 107 Å². The van der Waals surface area contributed by atoms with Crippen LogP contribution in [0.5, 0.6) is 0 Å². The number of aryl methyl sites for hydroxylation is 1. The summed E-state index contributed by atoms with van der Waals surface area (Å²) in [5.41, 5.74) is 3.81. The van der Waals surface area contributed by atoms with Gasteiger partial charge in [0.25, 0.3) is 0 Å². The Balaban J connectivity index is 1.89. The predicted octanol–water partition coefficient (Wildman–Crippen LogP) is 6.06. The Kier molecular flexibility index (Phi) is 7.57. The summed E-state index contributed by atoms with van der Waals surface area (Å²) in [5, 5.41) is 0. The third-order valence-corrected chi connectivity index (χ3v) is 4.75. The molecule has 0 amide bonds. The molecule has 5 nitrogen and oxygen atoms in total. The zero-order valence-corrected chi connectivity index (χ0v) is 17.9. The first-order chi connectivity index (χ1) is 15.0. The van der Waals surface area contributed by atoms with Crippen molar-refractivity contribution in [1.82, 2.24) is 0 Å². The van der Waals surface area contributed by atoms with Crippen molar-refractivity contribution >= 4 is 11.9 Å². The van der Waals surface area contributed by atoms with Crippen LogP contribution in [-0.2, 0) is 20.9 Å². The normalized spacial score (nSPS) is 11.7. The van der Waals surface area contributed by atoms with Gasteiger partial charge >= 0.3 is 6.16 Å². The minimum Gasteiger partial charge on any atom is -0.419 e. The molecule has 31 heavy (non-hydrogen) atoms. The first-order valence-corrected chi connectivity index (χ1v) is 10.3. The van der Waals surface area contributed by atoms with Crippen LogP contribution in [0.1, 0.15) is 59.5 Å². The molecule has 0 aliphatic rings. The molecular weight excluding hydrogens is 392 g/mol. The van der Waals surface area contributed by atoms with Gasteiger partial charge in [0.15, 0.2) is 11.9 Å². The van der Waals surface area contributed by atoms with Crippen LogP contribution in [0.15, 0.2) is 78.9 Å². The fraction of sp³-hybridized carbons (Fsp3) is 0.231. The van der Waals surface area contributed by atoms with Gasteiger partial charge in [0.1, 0.15) is 0 Å². The molecule has 0 heterocycles. The number of ketones is 1. The summed E-state index contributed by atoms with van der Waals surface area (Å²) in [6, 6.07) is 23.9. The molecule has 0 radical (unpaired) electrons. The summed E-state index contributed by atoms with van der Waals surface area (Å²) >= 11 is 0. The molecule has 0 aromatic heterocycles. The van der Waals surface area contributed by atoms with Gasteiger partial charge in [-0.25, -0.2) is 4.79 Å². The van der Waals surface area contributed by atoms with E-state index in [0.717, 1.165) is 23.1 Å². The molecule has 0 saturated heterocycles. The lowest BCUT2D eigenvalue weighted by Crippen LogP contribution is -2.17. The highest BCUT2D eigenvalue weighted by Crippen LogP contribution is 2.30. The Morgan fingerprint density at radius 3 is 2.06 bits per heavy atom. The Bertz CT molecular complexity index is 1010. The number of carbonyl (C=O) groups is 2. The van der Waals surface area contributed by atoms with Crippen molar-refractivity contribution in [2.24, 2.45) is 0 Å². The van der Waals surface area contributed by atoms with Gasteiger partial charge in [0.2, 0.25) is 0 Å². The van der Waals surface area contributed by atoms with E-state index in [2.05, 4.69) is 0 Å². The molecule has 160 valence electrons. The van der Waals surface area contributed by atoms with Gasteiger partial charge in [-0.15, -0.1) is 0 Å². The zero-order chi connectivity index (χ0) is 22.2. The molecule has 0 aliphatic carbocycles. The van der Waals surface area contributed by atoms with Gasteiger partial charge in [0, 0.05) is 16.7 Å². The van der Waals surface area contributed by atoms with Gasteiger partial charge in [-0.3, -0.25) is 9.68 Å². The minimum atomic E-state index is -0.922. The summed E-state index contributed by atoms with van der Waals surface area (Å²) in [4.78, 5) is 34.6. The van der Waals surface area contributed by atoms with Crippen LogP contribution in [0.25, 0.3) is 0 Å². The van der Waals surface area contributed by atoms with Crippen LogP contribution in [0.3, 0.4) is 0 Å². The fourth-order valence-electron chi connectivity index (χ4n) is 3.24. The van der Waals surface area contributed by atoms with Crippen molar-refractivity contribution in [3.8, 4) is 0 Å². The van der Waals surface area contributed by atoms with Crippen molar-refractivity contribution in [2.75, 3.05) is 0 Å². The lowest BCUT2D eigenvalue weighted by atomic mass is 9.94. The molecule has 5 heteroatoms. The molecule has 0 fully saturated rings. The van der Waals surface area contributed by atoms with Gasteiger partial charge in [-0.1, -0.05) is 85.8 Å². The van der Waals surface area contributed by atoms with Gasteiger partial charge in [-0.2, -0.15) is 4.89 Å². The van der Waals surface area contributed by atoms with Crippen molar-refractivity contribution < 1.29 is 24.1 Å². The maximum absolute atomic E-state index is 12.7. The van der Waals surface area contributed by atoms with Crippen LogP contribution in [0, 0.1) is 0 Å². The average Bonchev–Trinajstić information content (AvgIpc) is 2.81. The second-order valence-electron chi connectivity index (χ2n) is 7.35. The van der Waals surface area contributed by atoms with E-state index < -0.39 is 12.3 Å². The molecular formula is C26H26O5. The molecule has 1 unspecified atom stereocenters. The largest absolute Gasteiger partial charge is 0.541 e. The van der Waals surface area contributed by atoms with E-state index in [9.17, 15) is 9.59 Å². The molecule has 0 N–H and O–H groups in total. The summed E-state index contributed by atoms with van der Waals surface area (Å²) in [6.07, 6.45) is -1.12. The summed E-state index contributed by atoms with van der Waals surface area (Å²) in [6.45, 7) is 5.54. The number of carbonyl (C=O) groups excluding carboxylic acids is 2.